The van der Waals surface area contributed by atoms with Gasteiger partial charge in [-0.1, -0.05) is 40.9 Å². The average Bonchev–Trinajstić information content (AvgIpc) is 3.09. The van der Waals surface area contributed by atoms with E-state index in [0.29, 0.717) is 5.02 Å². The Hall–Kier alpha value is -2.11. The first-order valence-electron chi connectivity index (χ1n) is 8.64. The fourth-order valence-corrected chi connectivity index (χ4v) is 3.40. The van der Waals surface area contributed by atoms with Crippen molar-refractivity contribution in [2.24, 2.45) is 0 Å². The van der Waals surface area contributed by atoms with Gasteiger partial charge in [0.2, 0.25) is 0 Å². The van der Waals surface area contributed by atoms with Crippen molar-refractivity contribution >= 4 is 55.2 Å². The maximum atomic E-state index is 6.22. The van der Waals surface area contributed by atoms with E-state index in [4.69, 9.17) is 21.7 Å². The number of nitrogens with zero attached hydrogens (tertiary/aromatic N) is 3. The summed E-state index contributed by atoms with van der Waals surface area (Å²) in [5.41, 5.74) is 2.79. The number of rotatable bonds is 5. The van der Waals surface area contributed by atoms with Crippen LogP contribution in [0.3, 0.4) is 0 Å². The van der Waals surface area contributed by atoms with Crippen LogP contribution in [-0.4, -0.2) is 21.3 Å². The lowest BCUT2D eigenvalue weighted by Crippen LogP contribution is -2.03. The predicted molar refractivity (Wildman–Crippen MR) is 112 cm³/mol. The molecule has 2 aromatic carbocycles. The number of benzene rings is 2. The largest absolute Gasteiger partial charge is 0.369 e. The first kappa shape index (κ1) is 17.3. The molecule has 0 saturated heterocycles. The molecule has 0 amide bonds. The summed E-state index contributed by atoms with van der Waals surface area (Å²) < 4.78 is 2.93. The molecule has 2 heterocycles. The van der Waals surface area contributed by atoms with Gasteiger partial charge in [0.15, 0.2) is 0 Å². The summed E-state index contributed by atoms with van der Waals surface area (Å²) >= 11 is 9.69. The van der Waals surface area contributed by atoms with Crippen LogP contribution in [0.1, 0.15) is 19.8 Å². The van der Waals surface area contributed by atoms with Crippen molar-refractivity contribution in [3.8, 4) is 5.69 Å². The third kappa shape index (κ3) is 3.29. The normalized spacial score (nSPS) is 11.3. The number of hydrogen-bond donors (Lipinski definition) is 1. The Morgan fingerprint density at radius 1 is 1.12 bits per heavy atom. The van der Waals surface area contributed by atoms with E-state index >= 15 is 0 Å². The van der Waals surface area contributed by atoms with Crippen molar-refractivity contribution in [3.05, 3.63) is 58.2 Å². The fourth-order valence-electron chi connectivity index (χ4n) is 2.97. The van der Waals surface area contributed by atoms with Crippen LogP contribution in [0, 0.1) is 0 Å². The SMILES string of the molecule is CCCCNc1nc2ccc(Cl)cc2c2nn(-c3ccc(Br)cc3)cc12. The molecule has 6 heteroatoms. The van der Waals surface area contributed by atoms with E-state index in [-0.39, 0.29) is 0 Å². The molecule has 0 unspecified atom stereocenters. The quantitative estimate of drug-likeness (QED) is 0.384. The minimum absolute atomic E-state index is 0.686. The molecule has 0 saturated carbocycles. The number of pyridine rings is 1. The smallest absolute Gasteiger partial charge is 0.137 e. The molecule has 26 heavy (non-hydrogen) atoms. The first-order chi connectivity index (χ1) is 12.7. The first-order valence-corrected chi connectivity index (χ1v) is 9.81. The molecule has 4 rings (SSSR count). The van der Waals surface area contributed by atoms with Crippen molar-refractivity contribution in [2.75, 3.05) is 11.9 Å². The van der Waals surface area contributed by atoms with Crippen molar-refractivity contribution < 1.29 is 0 Å². The number of anilines is 1. The average molecular weight is 430 g/mol. The van der Waals surface area contributed by atoms with Crippen LogP contribution < -0.4 is 5.32 Å². The lowest BCUT2D eigenvalue weighted by Gasteiger charge is -2.08. The van der Waals surface area contributed by atoms with Crippen molar-refractivity contribution in [2.45, 2.75) is 19.8 Å². The van der Waals surface area contributed by atoms with Gasteiger partial charge in [-0.15, -0.1) is 0 Å². The number of aromatic nitrogens is 3. The molecule has 132 valence electrons. The van der Waals surface area contributed by atoms with Gasteiger partial charge in [0.1, 0.15) is 11.3 Å². The summed E-state index contributed by atoms with van der Waals surface area (Å²) in [4.78, 5) is 4.81. The van der Waals surface area contributed by atoms with Gasteiger partial charge in [0.05, 0.1) is 16.6 Å². The molecule has 1 N–H and O–H groups in total. The molecule has 0 atom stereocenters. The number of fused-ring (bicyclic) bond motifs is 3. The number of unbranched alkanes of at least 4 members (excludes halogenated alkanes) is 1. The molecule has 0 radical (unpaired) electrons. The summed E-state index contributed by atoms with van der Waals surface area (Å²) in [6.07, 6.45) is 4.26. The van der Waals surface area contributed by atoms with E-state index < -0.39 is 0 Å². The Morgan fingerprint density at radius 3 is 2.69 bits per heavy atom. The Morgan fingerprint density at radius 2 is 1.92 bits per heavy atom. The lowest BCUT2D eigenvalue weighted by molar-refractivity contribution is 0.832. The van der Waals surface area contributed by atoms with E-state index in [9.17, 15) is 0 Å². The third-order valence-electron chi connectivity index (χ3n) is 4.33. The van der Waals surface area contributed by atoms with Crippen LogP contribution in [0.5, 0.6) is 0 Å². The Balaban J connectivity index is 1.91. The Bertz CT molecular complexity index is 1070. The van der Waals surface area contributed by atoms with Gasteiger partial charge in [-0.3, -0.25) is 0 Å². The zero-order valence-electron chi connectivity index (χ0n) is 14.3. The molecule has 4 aromatic rings. The predicted octanol–water partition coefficient (Wildman–Crippen LogP) is 6.20. The minimum Gasteiger partial charge on any atom is -0.369 e. The van der Waals surface area contributed by atoms with Crippen LogP contribution in [-0.2, 0) is 0 Å². The van der Waals surface area contributed by atoms with Crippen LogP contribution in [0.2, 0.25) is 5.02 Å². The van der Waals surface area contributed by atoms with Crippen molar-refractivity contribution in [1.29, 1.82) is 0 Å². The summed E-state index contributed by atoms with van der Waals surface area (Å²) in [5.74, 6) is 0.867. The topological polar surface area (TPSA) is 42.7 Å². The number of nitrogens with one attached hydrogen (secondary N) is 1. The molecule has 0 fully saturated rings. The van der Waals surface area contributed by atoms with Gasteiger partial charge >= 0.3 is 0 Å². The molecule has 0 aliphatic rings. The Labute approximate surface area is 165 Å². The summed E-state index contributed by atoms with van der Waals surface area (Å²) in [6, 6.07) is 13.8. The number of hydrogen-bond acceptors (Lipinski definition) is 3. The van der Waals surface area contributed by atoms with Crippen molar-refractivity contribution in [3.63, 3.8) is 0 Å². The lowest BCUT2D eigenvalue weighted by atomic mass is 10.1. The monoisotopic (exact) mass is 428 g/mol. The van der Waals surface area contributed by atoms with Gasteiger partial charge in [0, 0.05) is 27.6 Å². The maximum Gasteiger partial charge on any atom is 0.137 e. The van der Waals surface area contributed by atoms with Crippen LogP contribution in [0.25, 0.3) is 27.5 Å². The van der Waals surface area contributed by atoms with E-state index in [2.05, 4.69) is 28.2 Å². The fraction of sp³-hybridized carbons (Fsp3) is 0.200. The van der Waals surface area contributed by atoms with Crippen molar-refractivity contribution in [1.82, 2.24) is 14.8 Å². The molecular formula is C20H18BrClN4. The second kappa shape index (κ2) is 7.25. The molecule has 0 spiro atoms. The van der Waals surface area contributed by atoms with E-state index in [1.807, 2.05) is 53.3 Å². The highest BCUT2D eigenvalue weighted by Gasteiger charge is 2.13. The van der Waals surface area contributed by atoms with Gasteiger partial charge in [0.25, 0.3) is 0 Å². The van der Waals surface area contributed by atoms with Crippen LogP contribution >= 0.6 is 27.5 Å². The molecular weight excluding hydrogens is 412 g/mol. The van der Waals surface area contributed by atoms with Gasteiger partial charge in [-0.05, 0) is 48.9 Å². The molecule has 0 aliphatic heterocycles. The Kier molecular flexibility index (Phi) is 4.83. The summed E-state index contributed by atoms with van der Waals surface area (Å²) in [7, 11) is 0. The van der Waals surface area contributed by atoms with Gasteiger partial charge < -0.3 is 5.32 Å². The second-order valence-electron chi connectivity index (χ2n) is 6.21. The number of halogens is 2. The standard InChI is InChI=1S/C20H18BrClN4/c1-2-3-10-23-20-17-12-26(15-7-4-13(21)5-8-15)25-19(17)16-11-14(22)6-9-18(16)24-20/h4-9,11-12H,2-3,10H2,1H3,(H,23,24). The zero-order chi connectivity index (χ0) is 18.1. The van der Waals surface area contributed by atoms with E-state index in [0.717, 1.165) is 57.2 Å². The third-order valence-corrected chi connectivity index (χ3v) is 5.09. The highest BCUT2D eigenvalue weighted by Crippen LogP contribution is 2.31. The van der Waals surface area contributed by atoms with Crippen LogP contribution in [0.15, 0.2) is 53.1 Å². The van der Waals surface area contributed by atoms with Gasteiger partial charge in [-0.2, -0.15) is 5.10 Å². The van der Waals surface area contributed by atoms with E-state index in [1.165, 1.54) is 0 Å². The second-order valence-corrected chi connectivity index (χ2v) is 7.57. The molecule has 0 bridgehead atoms. The zero-order valence-corrected chi connectivity index (χ0v) is 16.7. The minimum atomic E-state index is 0.686. The highest BCUT2D eigenvalue weighted by atomic mass is 79.9. The molecule has 0 aliphatic carbocycles. The van der Waals surface area contributed by atoms with E-state index in [1.54, 1.807) is 0 Å². The van der Waals surface area contributed by atoms with Gasteiger partial charge in [-0.25, -0.2) is 9.67 Å². The maximum absolute atomic E-state index is 6.22. The summed E-state index contributed by atoms with van der Waals surface area (Å²) in [5, 5.41) is 10.9. The molecule has 2 aromatic heterocycles. The van der Waals surface area contributed by atoms with Crippen LogP contribution in [0.4, 0.5) is 5.82 Å². The highest BCUT2D eigenvalue weighted by molar-refractivity contribution is 9.10. The molecule has 4 nitrogen and oxygen atoms in total. The summed E-state index contributed by atoms with van der Waals surface area (Å²) in [6.45, 7) is 3.07.